The molecule has 1 aliphatic heterocycles. The molecule has 4 rings (SSSR count). The molecule has 8 nitrogen and oxygen atoms in total. The third kappa shape index (κ3) is 5.31. The largest absolute Gasteiger partial charge is 0.495 e. The van der Waals surface area contributed by atoms with E-state index in [0.29, 0.717) is 23.8 Å². The van der Waals surface area contributed by atoms with Gasteiger partial charge in [-0.1, -0.05) is 6.07 Å². The van der Waals surface area contributed by atoms with Crippen LogP contribution in [-0.2, 0) is 4.74 Å². The molecule has 0 saturated carbocycles. The number of morpholine rings is 1. The number of nitrogens with zero attached hydrogens (tertiary/aromatic N) is 4. The van der Waals surface area contributed by atoms with Crippen LogP contribution in [0.5, 0.6) is 11.6 Å². The van der Waals surface area contributed by atoms with Crippen molar-refractivity contribution in [1.29, 1.82) is 0 Å². The molecule has 0 radical (unpaired) electrons. The predicted molar refractivity (Wildman–Crippen MR) is 133 cm³/mol. The second-order valence-corrected chi connectivity index (χ2v) is 9.12. The van der Waals surface area contributed by atoms with Crippen molar-refractivity contribution >= 4 is 53.0 Å². The lowest BCUT2D eigenvalue weighted by atomic mass is 10.0. The van der Waals surface area contributed by atoms with Gasteiger partial charge in [-0.2, -0.15) is 23.1 Å². The fraction of sp³-hybridized carbons (Fsp3) is 0.429. The van der Waals surface area contributed by atoms with Crippen molar-refractivity contribution in [2.75, 3.05) is 45.3 Å². The molecule has 34 heavy (non-hydrogen) atoms. The highest BCUT2D eigenvalue weighted by Crippen LogP contribution is 2.41. The van der Waals surface area contributed by atoms with Crippen molar-refractivity contribution < 1.29 is 27.4 Å². The molecule has 3 aromatic rings. The highest BCUT2D eigenvalue weighted by molar-refractivity contribution is 14.2. The fourth-order valence-electron chi connectivity index (χ4n) is 3.87. The summed E-state index contributed by atoms with van der Waals surface area (Å²) in [6.45, 7) is 3.22. The normalized spacial score (nSPS) is 15.9. The fourth-order valence-corrected chi connectivity index (χ4v) is 5.13. The van der Waals surface area contributed by atoms with Gasteiger partial charge in [0.1, 0.15) is 11.8 Å². The monoisotopic (exact) mass is 609 g/mol. The quantitative estimate of drug-likeness (QED) is 0.343. The minimum absolute atomic E-state index is 0.0957. The predicted octanol–water partition coefficient (Wildman–Crippen LogP) is 5.36. The van der Waals surface area contributed by atoms with Gasteiger partial charge in [0.15, 0.2) is 5.65 Å². The van der Waals surface area contributed by atoms with Crippen LogP contribution in [0.2, 0.25) is 0 Å². The summed E-state index contributed by atoms with van der Waals surface area (Å²) in [7, 11) is 2.86. The maximum atomic E-state index is 14.0. The van der Waals surface area contributed by atoms with Crippen molar-refractivity contribution in [2.24, 2.45) is 0 Å². The Labute approximate surface area is 210 Å². The standard InChI is InChI=1S/C21H23F3IN5O3S/c1-3-33-19-14-6-7-30(34-25)18(14)27-20(28-19)26-15-5-4-13(12-16(15)31-2)17(21(22,23)24)29-8-10-32-11-9-29/h4-7,12,17H,3,8-11H2,1-2H3,(H,26,27,28). The second kappa shape index (κ2) is 10.7. The summed E-state index contributed by atoms with van der Waals surface area (Å²) in [5.74, 6) is 0.910. The van der Waals surface area contributed by atoms with Crippen molar-refractivity contribution in [3.8, 4) is 11.6 Å². The number of benzene rings is 1. The van der Waals surface area contributed by atoms with Gasteiger partial charge in [0.2, 0.25) is 11.8 Å². The number of rotatable bonds is 8. The van der Waals surface area contributed by atoms with Crippen LogP contribution in [0, 0.1) is 0 Å². The van der Waals surface area contributed by atoms with E-state index >= 15 is 0 Å². The number of alkyl halides is 3. The Hall–Kier alpha value is -1.97. The Morgan fingerprint density at radius 2 is 2.00 bits per heavy atom. The molecular formula is C21H23F3IN5O3S. The number of nitrogens with one attached hydrogen (secondary N) is 1. The van der Waals surface area contributed by atoms with E-state index in [1.165, 1.54) is 33.3 Å². The first-order chi connectivity index (χ1) is 16.4. The molecule has 0 spiro atoms. The van der Waals surface area contributed by atoms with Crippen molar-refractivity contribution in [3.63, 3.8) is 0 Å². The molecule has 1 N–H and O–H groups in total. The highest BCUT2D eigenvalue weighted by Gasteiger charge is 2.45. The number of hydrogen-bond donors (Lipinski definition) is 1. The number of ether oxygens (including phenoxy) is 3. The molecule has 1 aromatic carbocycles. The molecule has 13 heteroatoms. The number of methoxy groups -OCH3 is 1. The SMILES string of the molecule is CCOc1nc(Nc2ccc(C(N3CCOCC3)C(F)(F)F)cc2OC)nc2c1ccn2SI. The lowest BCUT2D eigenvalue weighted by Crippen LogP contribution is -2.44. The summed E-state index contributed by atoms with van der Waals surface area (Å²) >= 11 is 2.15. The summed E-state index contributed by atoms with van der Waals surface area (Å²) in [6.07, 6.45) is -2.58. The summed E-state index contributed by atoms with van der Waals surface area (Å²) in [6, 6.07) is 4.52. The Balaban J connectivity index is 1.69. The summed E-state index contributed by atoms with van der Waals surface area (Å²) < 4.78 is 60.2. The molecule has 2 aromatic heterocycles. The molecule has 184 valence electrons. The van der Waals surface area contributed by atoms with Crippen molar-refractivity contribution in [3.05, 3.63) is 36.0 Å². The van der Waals surface area contributed by atoms with Crippen LogP contribution < -0.4 is 14.8 Å². The van der Waals surface area contributed by atoms with E-state index in [2.05, 4.69) is 36.5 Å². The highest BCUT2D eigenvalue weighted by atomic mass is 127. The number of halogens is 4. The first kappa shape index (κ1) is 25.1. The van der Waals surface area contributed by atoms with Gasteiger partial charge in [-0.15, -0.1) is 0 Å². The van der Waals surface area contributed by atoms with E-state index in [4.69, 9.17) is 14.2 Å². The van der Waals surface area contributed by atoms with Gasteiger partial charge in [-0.25, -0.2) is 0 Å². The molecule has 1 aliphatic rings. The maximum Gasteiger partial charge on any atom is 0.408 e. The topological polar surface area (TPSA) is 73.7 Å². The third-order valence-electron chi connectivity index (χ3n) is 5.34. The van der Waals surface area contributed by atoms with Crippen LogP contribution in [0.15, 0.2) is 30.5 Å². The molecule has 1 fully saturated rings. The van der Waals surface area contributed by atoms with Gasteiger partial charge in [0.05, 0.1) is 38.0 Å². The number of anilines is 2. The molecule has 0 bridgehead atoms. The number of fused-ring (bicyclic) bond motifs is 1. The molecular weight excluding hydrogens is 586 g/mol. The lowest BCUT2D eigenvalue weighted by Gasteiger charge is -2.36. The Morgan fingerprint density at radius 1 is 1.24 bits per heavy atom. The number of hydrogen-bond acceptors (Lipinski definition) is 8. The second-order valence-electron chi connectivity index (χ2n) is 7.41. The zero-order valence-corrected chi connectivity index (χ0v) is 21.4. The zero-order valence-electron chi connectivity index (χ0n) is 18.4. The van der Waals surface area contributed by atoms with Crippen LogP contribution in [0.3, 0.4) is 0 Å². The maximum absolute atomic E-state index is 14.0. The molecule has 1 unspecified atom stereocenters. The summed E-state index contributed by atoms with van der Waals surface area (Å²) in [5, 5.41) is 3.83. The van der Waals surface area contributed by atoms with Crippen LogP contribution >= 0.6 is 30.3 Å². The Kier molecular flexibility index (Phi) is 7.94. The summed E-state index contributed by atoms with van der Waals surface area (Å²) in [5.41, 5.74) is 1.19. The zero-order chi connectivity index (χ0) is 24.3. The molecule has 1 atom stereocenters. The van der Waals surface area contributed by atoms with Crippen molar-refractivity contribution in [2.45, 2.75) is 19.1 Å². The van der Waals surface area contributed by atoms with Gasteiger partial charge in [-0.3, -0.25) is 8.87 Å². The first-order valence-electron chi connectivity index (χ1n) is 10.5. The molecule has 0 aliphatic carbocycles. The molecule has 0 amide bonds. The van der Waals surface area contributed by atoms with E-state index in [9.17, 15) is 13.2 Å². The van der Waals surface area contributed by atoms with E-state index < -0.39 is 12.2 Å². The van der Waals surface area contributed by atoms with Crippen molar-refractivity contribution in [1.82, 2.24) is 18.8 Å². The van der Waals surface area contributed by atoms with Crippen LogP contribution in [0.4, 0.5) is 24.8 Å². The van der Waals surface area contributed by atoms with Gasteiger partial charge >= 0.3 is 6.18 Å². The molecule has 3 heterocycles. The van der Waals surface area contributed by atoms with E-state index in [1.807, 2.05) is 23.2 Å². The van der Waals surface area contributed by atoms with Gasteiger partial charge in [0.25, 0.3) is 0 Å². The smallest absolute Gasteiger partial charge is 0.408 e. The Bertz CT molecular complexity index is 1140. The van der Waals surface area contributed by atoms with Gasteiger partial charge in [-0.05, 0) is 30.7 Å². The van der Waals surface area contributed by atoms with Crippen LogP contribution in [0.1, 0.15) is 18.5 Å². The lowest BCUT2D eigenvalue weighted by molar-refractivity contribution is -0.194. The van der Waals surface area contributed by atoms with E-state index in [-0.39, 0.29) is 43.6 Å². The number of aromatic nitrogens is 3. The van der Waals surface area contributed by atoms with E-state index in [1.54, 1.807) is 6.07 Å². The first-order valence-corrected chi connectivity index (χ1v) is 13.8. The van der Waals surface area contributed by atoms with Crippen LogP contribution in [0.25, 0.3) is 11.0 Å². The minimum Gasteiger partial charge on any atom is -0.495 e. The summed E-state index contributed by atoms with van der Waals surface area (Å²) in [4.78, 5) is 10.4. The average molecular weight is 609 g/mol. The van der Waals surface area contributed by atoms with Crippen LogP contribution in [-0.4, -0.2) is 65.0 Å². The molecule has 1 saturated heterocycles. The van der Waals surface area contributed by atoms with Gasteiger partial charge < -0.3 is 19.5 Å². The van der Waals surface area contributed by atoms with Gasteiger partial charge in [0, 0.05) is 49.6 Å². The minimum atomic E-state index is -4.44. The third-order valence-corrected chi connectivity index (χ3v) is 7.06. The van der Waals surface area contributed by atoms with E-state index in [0.717, 1.165) is 5.39 Å². The average Bonchev–Trinajstić information content (AvgIpc) is 3.23. The Morgan fingerprint density at radius 3 is 2.65 bits per heavy atom.